The maximum absolute atomic E-state index is 14.5. The zero-order valence-electron chi connectivity index (χ0n) is 26.5. The highest BCUT2D eigenvalue weighted by Gasteiger charge is 2.72. The first kappa shape index (κ1) is 30.6. The van der Waals surface area contributed by atoms with Crippen LogP contribution in [0, 0.1) is 57.2 Å². The molecule has 0 aromatic heterocycles. The van der Waals surface area contributed by atoms with Gasteiger partial charge in [0.1, 0.15) is 18.0 Å². The molecule has 10 atom stereocenters. The summed E-state index contributed by atoms with van der Waals surface area (Å²) in [4.78, 5) is 39.0. The van der Waals surface area contributed by atoms with Crippen LogP contribution in [-0.2, 0) is 23.9 Å². The number of hydrogen-bond acceptors (Lipinski definition) is 5. The molecule has 0 N–H and O–H groups in total. The minimum Gasteiger partial charge on any atom is -0.462 e. The van der Waals surface area contributed by atoms with E-state index in [1.54, 1.807) is 0 Å². The Bertz CT molecular complexity index is 969. The highest BCUT2D eigenvalue weighted by atomic mass is 16.5. The number of ketones is 1. The second kappa shape index (κ2) is 10.5. The lowest BCUT2D eigenvalue weighted by molar-refractivity contribution is -0.236. The van der Waals surface area contributed by atoms with Gasteiger partial charge >= 0.3 is 11.9 Å². The summed E-state index contributed by atoms with van der Waals surface area (Å²) in [5.41, 5.74) is -0.668. The number of ether oxygens (including phenoxy) is 2. The molecule has 5 heteroatoms. The lowest BCUT2D eigenvalue weighted by Gasteiger charge is -2.67. The third-order valence-corrected chi connectivity index (χ3v) is 12.9. The van der Waals surface area contributed by atoms with Crippen LogP contribution in [0.15, 0.2) is 0 Å². The van der Waals surface area contributed by atoms with Gasteiger partial charge in [-0.1, -0.05) is 74.7 Å². The predicted octanol–water partition coefficient (Wildman–Crippen LogP) is 7.79. The molecule has 0 spiro atoms. The van der Waals surface area contributed by atoms with Gasteiger partial charge in [0, 0.05) is 37.5 Å². The van der Waals surface area contributed by atoms with E-state index in [9.17, 15) is 14.4 Å². The Morgan fingerprint density at radius 1 is 0.897 bits per heavy atom. The molecule has 4 saturated carbocycles. The van der Waals surface area contributed by atoms with E-state index in [0.717, 1.165) is 38.0 Å². The molecule has 4 fully saturated rings. The van der Waals surface area contributed by atoms with Crippen LogP contribution in [0.2, 0.25) is 0 Å². The van der Waals surface area contributed by atoms with E-state index < -0.39 is 0 Å². The summed E-state index contributed by atoms with van der Waals surface area (Å²) in [5, 5.41) is 0. The number of hydrogen-bond donors (Lipinski definition) is 0. The number of carbonyl (C=O) groups excluding carboxylic acids is 3. The van der Waals surface area contributed by atoms with Gasteiger partial charge in [-0.05, 0) is 72.0 Å². The van der Waals surface area contributed by atoms with Crippen LogP contribution in [0.5, 0.6) is 0 Å². The van der Waals surface area contributed by atoms with Gasteiger partial charge in [0.15, 0.2) is 0 Å². The van der Waals surface area contributed by atoms with E-state index in [0.29, 0.717) is 24.0 Å². The zero-order chi connectivity index (χ0) is 29.1. The summed E-state index contributed by atoms with van der Waals surface area (Å²) in [7, 11) is 0. The Morgan fingerprint density at radius 3 is 2.13 bits per heavy atom. The van der Waals surface area contributed by atoms with Gasteiger partial charge in [-0.15, -0.1) is 0 Å². The fourth-order valence-electron chi connectivity index (χ4n) is 10.9. The fourth-order valence-corrected chi connectivity index (χ4v) is 10.9. The summed E-state index contributed by atoms with van der Waals surface area (Å²) in [5.74, 6) is 1.71. The Balaban J connectivity index is 1.73. The molecule has 4 aliphatic carbocycles. The van der Waals surface area contributed by atoms with Gasteiger partial charge in [-0.2, -0.15) is 0 Å². The highest BCUT2D eigenvalue weighted by molar-refractivity contribution is 5.85. The third kappa shape index (κ3) is 4.90. The van der Waals surface area contributed by atoms with Crippen LogP contribution in [0.1, 0.15) is 127 Å². The molecule has 0 aromatic rings. The molecule has 0 amide bonds. The maximum Gasteiger partial charge on any atom is 0.302 e. The fraction of sp³-hybridized carbons (Fsp3) is 0.912. The molecule has 0 saturated heterocycles. The lowest BCUT2D eigenvalue weighted by Crippen LogP contribution is -2.68. The van der Waals surface area contributed by atoms with Crippen molar-refractivity contribution in [1.29, 1.82) is 0 Å². The minimum absolute atomic E-state index is 0.0304. The molecule has 0 aromatic carbocycles. The van der Waals surface area contributed by atoms with Crippen molar-refractivity contribution in [2.24, 2.45) is 57.2 Å². The lowest BCUT2D eigenvalue weighted by atomic mass is 9.37. The molecule has 5 nitrogen and oxygen atoms in total. The smallest absolute Gasteiger partial charge is 0.302 e. The number of fused-ring (bicyclic) bond motifs is 5. The van der Waals surface area contributed by atoms with E-state index in [1.165, 1.54) is 33.1 Å². The average molecular weight is 545 g/mol. The Morgan fingerprint density at radius 2 is 1.54 bits per heavy atom. The van der Waals surface area contributed by atoms with E-state index in [-0.39, 0.29) is 63.6 Å². The van der Waals surface area contributed by atoms with Crippen molar-refractivity contribution in [1.82, 2.24) is 0 Å². The number of esters is 2. The second-order valence-electron chi connectivity index (χ2n) is 15.8. The van der Waals surface area contributed by atoms with Crippen LogP contribution < -0.4 is 0 Å². The largest absolute Gasteiger partial charge is 0.462 e. The average Bonchev–Trinajstić information content (AvgIpc) is 3.07. The molecule has 0 bridgehead atoms. The summed E-state index contributed by atoms with van der Waals surface area (Å²) in [6.45, 7) is 21.6. The van der Waals surface area contributed by atoms with Crippen LogP contribution >= 0.6 is 0 Å². The van der Waals surface area contributed by atoms with Crippen molar-refractivity contribution in [2.45, 2.75) is 139 Å². The van der Waals surface area contributed by atoms with Crippen molar-refractivity contribution in [3.8, 4) is 0 Å². The Labute approximate surface area is 237 Å². The molecular weight excluding hydrogens is 488 g/mol. The van der Waals surface area contributed by atoms with Gasteiger partial charge in [0.05, 0.1) is 0 Å². The van der Waals surface area contributed by atoms with Crippen molar-refractivity contribution in [3.63, 3.8) is 0 Å². The minimum atomic E-state index is -0.312. The summed E-state index contributed by atoms with van der Waals surface area (Å²) < 4.78 is 12.1. The molecule has 4 aliphatic rings. The normalized spacial score (nSPS) is 43.7. The third-order valence-electron chi connectivity index (χ3n) is 12.9. The quantitative estimate of drug-likeness (QED) is 0.306. The van der Waals surface area contributed by atoms with Crippen LogP contribution in [0.3, 0.4) is 0 Å². The van der Waals surface area contributed by atoms with E-state index >= 15 is 0 Å². The number of rotatable bonds is 7. The zero-order valence-corrected chi connectivity index (χ0v) is 26.5. The summed E-state index contributed by atoms with van der Waals surface area (Å²) in [6.07, 6.45) is 8.49. The predicted molar refractivity (Wildman–Crippen MR) is 154 cm³/mol. The van der Waals surface area contributed by atoms with Crippen molar-refractivity contribution >= 4 is 17.7 Å². The van der Waals surface area contributed by atoms with E-state index in [2.05, 4.69) is 55.4 Å². The number of Topliss-reactive ketones (excluding diaryl/α,β-unsaturated/α-hetero) is 1. The molecule has 0 aliphatic heterocycles. The topological polar surface area (TPSA) is 69.7 Å². The number of carbonyl (C=O) groups is 3. The van der Waals surface area contributed by atoms with E-state index in [1.807, 2.05) is 0 Å². The van der Waals surface area contributed by atoms with Crippen molar-refractivity contribution < 1.29 is 23.9 Å². The first-order valence-corrected chi connectivity index (χ1v) is 15.9. The summed E-state index contributed by atoms with van der Waals surface area (Å²) in [6, 6.07) is 0. The van der Waals surface area contributed by atoms with Crippen molar-refractivity contribution in [2.75, 3.05) is 0 Å². The van der Waals surface area contributed by atoms with E-state index in [4.69, 9.17) is 9.47 Å². The molecule has 39 heavy (non-hydrogen) atoms. The van der Waals surface area contributed by atoms with Crippen LogP contribution in [0.4, 0.5) is 0 Å². The molecule has 0 heterocycles. The first-order chi connectivity index (χ1) is 18.0. The molecule has 222 valence electrons. The molecule has 0 unspecified atom stereocenters. The molecular formula is C34H56O5. The molecule has 0 radical (unpaired) electrons. The van der Waals surface area contributed by atoms with Crippen LogP contribution in [0.25, 0.3) is 0 Å². The van der Waals surface area contributed by atoms with Crippen LogP contribution in [-0.4, -0.2) is 29.9 Å². The Kier molecular flexibility index (Phi) is 8.20. The molecule has 4 rings (SSSR count). The maximum atomic E-state index is 14.5. The van der Waals surface area contributed by atoms with Gasteiger partial charge < -0.3 is 9.47 Å². The second-order valence-corrected chi connectivity index (χ2v) is 15.8. The SMILES string of the molecule is CC(=O)O[C@H]1CC[C@]2(C)[C@@H]3C(=O)C[C@]4(C)[C@H]([C@H](C)CCCC(C)C)CC[C@]4(C)[C@H]3[C@H](OC(C)=O)C[C@H]2C1(C)C. The van der Waals surface area contributed by atoms with Gasteiger partial charge in [-0.3, -0.25) is 14.4 Å². The van der Waals surface area contributed by atoms with Gasteiger partial charge in [-0.25, -0.2) is 0 Å². The van der Waals surface area contributed by atoms with Gasteiger partial charge in [0.25, 0.3) is 0 Å². The van der Waals surface area contributed by atoms with Gasteiger partial charge in [0.2, 0.25) is 0 Å². The monoisotopic (exact) mass is 544 g/mol. The van der Waals surface area contributed by atoms with Crippen molar-refractivity contribution in [3.05, 3.63) is 0 Å². The first-order valence-electron chi connectivity index (χ1n) is 15.9. The summed E-state index contributed by atoms with van der Waals surface area (Å²) >= 11 is 0. The Hall–Kier alpha value is -1.39. The standard InChI is InChI=1S/C34H56O5/c1-20(2)12-11-13-21(3)24-14-17-33(9)30-26(38-22(4)35)18-27-31(6,7)28(39-23(5)36)15-16-32(27,8)29(30)25(37)19-34(24,33)10/h20-21,24,26-30H,11-19H2,1-10H3/t21-,24+,26-,27+,28+,29-,30+,32+,33-,34-/m1/s1. The highest BCUT2D eigenvalue weighted by Crippen LogP contribution is 2.74.